The number of Topliss-reactive ketones (excluding diaryl/α,β-unsaturated/α-hetero) is 1. The number of carbonyl (C=O) groups is 3. The normalized spacial score (nSPS) is 40.1. The molecule has 0 aromatic rings. The van der Waals surface area contributed by atoms with Gasteiger partial charge < -0.3 is 4.74 Å². The van der Waals surface area contributed by atoms with Crippen LogP contribution in [0.2, 0.25) is 0 Å². The maximum absolute atomic E-state index is 13.0. The average molecular weight is 415 g/mol. The van der Waals surface area contributed by atoms with E-state index in [0.717, 1.165) is 57.8 Å². The van der Waals surface area contributed by atoms with E-state index in [2.05, 4.69) is 13.8 Å². The van der Waals surface area contributed by atoms with Crippen molar-refractivity contribution < 1.29 is 19.1 Å². The Balaban J connectivity index is 1.56. The summed E-state index contributed by atoms with van der Waals surface area (Å²) in [5, 5.41) is 0. The summed E-state index contributed by atoms with van der Waals surface area (Å²) in [7, 11) is 0. The quantitative estimate of drug-likeness (QED) is 0.420. The molecule has 4 nitrogen and oxygen atoms in total. The molecule has 0 aromatic carbocycles. The van der Waals surface area contributed by atoms with E-state index in [9.17, 15) is 14.4 Å². The number of esters is 1. The molecule has 0 amide bonds. The van der Waals surface area contributed by atoms with E-state index in [0.29, 0.717) is 48.7 Å². The molecule has 30 heavy (non-hydrogen) atoms. The van der Waals surface area contributed by atoms with Crippen LogP contribution < -0.4 is 0 Å². The summed E-state index contributed by atoms with van der Waals surface area (Å²) in [5.41, 5.74) is 0.186. The highest BCUT2D eigenvalue weighted by Crippen LogP contribution is 2.66. The molecular weight excluding hydrogens is 376 g/mol. The summed E-state index contributed by atoms with van der Waals surface area (Å²) in [6.07, 6.45) is 12.8. The fourth-order valence-electron chi connectivity index (χ4n) is 7.76. The second kappa shape index (κ2) is 8.24. The zero-order valence-electron chi connectivity index (χ0n) is 19.0. The van der Waals surface area contributed by atoms with Crippen molar-refractivity contribution in [1.29, 1.82) is 0 Å². The third-order valence-corrected chi connectivity index (χ3v) is 9.26. The van der Waals surface area contributed by atoms with Gasteiger partial charge in [-0.1, -0.05) is 32.3 Å². The second-order valence-electron chi connectivity index (χ2n) is 10.6. The second-order valence-corrected chi connectivity index (χ2v) is 10.6. The number of ketones is 2. The number of unbranched alkanes of at least 4 members (excludes halogenated alkanes) is 2. The summed E-state index contributed by atoms with van der Waals surface area (Å²) in [5.74, 6) is 2.33. The zero-order chi connectivity index (χ0) is 21.5. The lowest BCUT2D eigenvalue weighted by molar-refractivity contribution is -0.187. The lowest BCUT2D eigenvalue weighted by atomic mass is 9.50. The molecule has 0 aliphatic heterocycles. The van der Waals surface area contributed by atoms with Gasteiger partial charge in [0.25, 0.3) is 0 Å². The van der Waals surface area contributed by atoms with Crippen LogP contribution in [0.4, 0.5) is 0 Å². The first kappa shape index (κ1) is 21.8. The van der Waals surface area contributed by atoms with Crippen molar-refractivity contribution in [2.75, 3.05) is 0 Å². The monoisotopic (exact) mass is 414 g/mol. The van der Waals surface area contributed by atoms with E-state index in [1.54, 1.807) is 6.92 Å². The van der Waals surface area contributed by atoms with Crippen LogP contribution in [0.15, 0.2) is 11.6 Å². The minimum Gasteiger partial charge on any atom is -0.450 e. The van der Waals surface area contributed by atoms with E-state index in [1.165, 1.54) is 5.57 Å². The molecule has 0 radical (unpaired) electrons. The molecular formula is C26H38O4. The van der Waals surface area contributed by atoms with Crippen LogP contribution >= 0.6 is 0 Å². The first-order valence-corrected chi connectivity index (χ1v) is 12.3. The van der Waals surface area contributed by atoms with Crippen LogP contribution in [-0.4, -0.2) is 23.1 Å². The van der Waals surface area contributed by atoms with E-state index in [4.69, 9.17) is 4.74 Å². The minimum atomic E-state index is -0.940. The summed E-state index contributed by atoms with van der Waals surface area (Å²) in [6, 6.07) is 0. The van der Waals surface area contributed by atoms with E-state index in [-0.39, 0.29) is 17.2 Å². The molecule has 0 saturated heterocycles. The highest BCUT2D eigenvalue weighted by atomic mass is 16.6. The Bertz CT molecular complexity index is 752. The van der Waals surface area contributed by atoms with Gasteiger partial charge in [0.05, 0.1) is 0 Å². The standard InChI is InChI=1S/C26H38O4/c1-4-5-6-7-24(29)30-26(17(2)27)15-13-23-22-10-8-18-16-19(28)9-11-20(18)21(22)12-14-25(23,26)3/h16,20-23H,4-15H2,1-3H3/t20-,21+,22+,23-,25-,26+/m0/s1. The maximum Gasteiger partial charge on any atom is 0.306 e. The average Bonchev–Trinajstić information content (AvgIpc) is 3.01. The molecule has 0 N–H and O–H groups in total. The van der Waals surface area contributed by atoms with Crippen molar-refractivity contribution in [3.8, 4) is 0 Å². The molecule has 3 fully saturated rings. The highest BCUT2D eigenvalue weighted by Gasteiger charge is 2.66. The molecule has 0 bridgehead atoms. The molecule has 0 heterocycles. The Labute approximate surface area is 181 Å². The predicted octanol–water partition coefficient (Wildman–Crippen LogP) is 5.58. The summed E-state index contributed by atoms with van der Waals surface area (Å²) in [4.78, 5) is 37.6. The van der Waals surface area contributed by atoms with Gasteiger partial charge in [0.2, 0.25) is 0 Å². The zero-order valence-corrected chi connectivity index (χ0v) is 19.0. The first-order valence-electron chi connectivity index (χ1n) is 12.3. The van der Waals surface area contributed by atoms with Crippen LogP contribution in [0.25, 0.3) is 0 Å². The van der Waals surface area contributed by atoms with Crippen molar-refractivity contribution in [1.82, 2.24) is 0 Å². The molecule has 4 aliphatic rings. The Morgan fingerprint density at radius 2 is 1.87 bits per heavy atom. The van der Waals surface area contributed by atoms with Crippen LogP contribution in [0.1, 0.15) is 97.8 Å². The van der Waals surface area contributed by atoms with Gasteiger partial charge in [0.1, 0.15) is 0 Å². The van der Waals surface area contributed by atoms with Gasteiger partial charge >= 0.3 is 5.97 Å². The van der Waals surface area contributed by atoms with Crippen LogP contribution in [0.3, 0.4) is 0 Å². The van der Waals surface area contributed by atoms with Crippen LogP contribution in [0, 0.1) is 29.1 Å². The van der Waals surface area contributed by atoms with Crippen molar-refractivity contribution in [2.24, 2.45) is 29.1 Å². The molecule has 0 aromatic heterocycles. The Morgan fingerprint density at radius 3 is 2.60 bits per heavy atom. The van der Waals surface area contributed by atoms with Crippen molar-refractivity contribution in [3.63, 3.8) is 0 Å². The molecule has 166 valence electrons. The molecule has 4 heteroatoms. The topological polar surface area (TPSA) is 60.4 Å². The number of rotatable bonds is 6. The Hall–Kier alpha value is -1.45. The van der Waals surface area contributed by atoms with E-state index < -0.39 is 5.60 Å². The van der Waals surface area contributed by atoms with Crippen molar-refractivity contribution in [2.45, 2.75) is 103 Å². The number of hydrogen-bond donors (Lipinski definition) is 0. The number of ether oxygens (including phenoxy) is 1. The fraction of sp³-hybridized carbons (Fsp3) is 0.808. The molecule has 4 aliphatic carbocycles. The van der Waals surface area contributed by atoms with Crippen molar-refractivity contribution in [3.05, 3.63) is 11.6 Å². The lowest BCUT2D eigenvalue weighted by Gasteiger charge is -2.55. The fourth-order valence-corrected chi connectivity index (χ4v) is 7.76. The highest BCUT2D eigenvalue weighted by molar-refractivity contribution is 5.91. The lowest BCUT2D eigenvalue weighted by Crippen LogP contribution is -2.57. The summed E-state index contributed by atoms with van der Waals surface area (Å²) < 4.78 is 6.14. The number of allylic oxidation sites excluding steroid dienone is 1. The predicted molar refractivity (Wildman–Crippen MR) is 116 cm³/mol. The first-order chi connectivity index (χ1) is 14.3. The largest absolute Gasteiger partial charge is 0.450 e. The Kier molecular flexibility index (Phi) is 5.98. The third kappa shape index (κ3) is 3.39. The number of carbonyl (C=O) groups excluding carboxylic acids is 3. The van der Waals surface area contributed by atoms with Gasteiger partial charge in [-0.05, 0) is 88.0 Å². The van der Waals surface area contributed by atoms with Crippen molar-refractivity contribution >= 4 is 17.5 Å². The molecule has 6 atom stereocenters. The molecule has 4 rings (SSSR count). The summed E-state index contributed by atoms with van der Waals surface area (Å²) >= 11 is 0. The van der Waals surface area contributed by atoms with Gasteiger partial charge in [0, 0.05) is 18.3 Å². The Morgan fingerprint density at radius 1 is 1.07 bits per heavy atom. The third-order valence-electron chi connectivity index (χ3n) is 9.26. The van der Waals surface area contributed by atoms with Gasteiger partial charge in [-0.2, -0.15) is 0 Å². The van der Waals surface area contributed by atoms with Gasteiger partial charge in [0.15, 0.2) is 17.2 Å². The number of hydrogen-bond acceptors (Lipinski definition) is 4. The number of fused-ring (bicyclic) bond motifs is 5. The maximum atomic E-state index is 13.0. The smallest absolute Gasteiger partial charge is 0.306 e. The van der Waals surface area contributed by atoms with Crippen LogP contribution in [-0.2, 0) is 19.1 Å². The molecule has 0 unspecified atom stereocenters. The molecule has 3 saturated carbocycles. The van der Waals surface area contributed by atoms with Gasteiger partial charge in [-0.15, -0.1) is 0 Å². The SMILES string of the molecule is CCCCCC(=O)O[C@@]1(C(C)=O)CC[C@H]2[C@@H]3CCC4=CC(=O)CC[C@@H]4[C@H]3CC[C@@]21C. The van der Waals surface area contributed by atoms with E-state index >= 15 is 0 Å². The minimum absolute atomic E-state index is 0.0365. The summed E-state index contributed by atoms with van der Waals surface area (Å²) in [6.45, 7) is 5.99. The molecule has 0 spiro atoms. The van der Waals surface area contributed by atoms with E-state index in [1.807, 2.05) is 6.08 Å². The van der Waals surface area contributed by atoms with Gasteiger partial charge in [-0.25, -0.2) is 0 Å². The van der Waals surface area contributed by atoms with Gasteiger partial charge in [-0.3, -0.25) is 14.4 Å². The van der Waals surface area contributed by atoms with Crippen LogP contribution in [0.5, 0.6) is 0 Å².